The largest absolute Gasteiger partial charge is 0.493 e. The molecule has 2 aromatic heterocycles. The van der Waals surface area contributed by atoms with E-state index in [2.05, 4.69) is 20.0 Å². The van der Waals surface area contributed by atoms with Gasteiger partial charge in [-0.25, -0.2) is 13.6 Å². The molecule has 10 nitrogen and oxygen atoms in total. The Morgan fingerprint density at radius 3 is 2.53 bits per heavy atom. The van der Waals surface area contributed by atoms with E-state index in [-0.39, 0.29) is 22.7 Å². The van der Waals surface area contributed by atoms with Crippen molar-refractivity contribution in [2.45, 2.75) is 35.1 Å². The molecule has 2 aliphatic rings. The number of pyridine rings is 1. The van der Waals surface area contributed by atoms with E-state index in [9.17, 15) is 31.5 Å². The lowest BCUT2D eigenvalue weighted by atomic mass is 10.0. The van der Waals surface area contributed by atoms with E-state index in [1.54, 1.807) is 18.2 Å². The predicted octanol–water partition coefficient (Wildman–Crippen LogP) is 3.45. The van der Waals surface area contributed by atoms with Gasteiger partial charge in [0.1, 0.15) is 6.10 Å². The van der Waals surface area contributed by atoms with Gasteiger partial charge in [-0.05, 0) is 18.2 Å². The molecular formula is C22H17F5N6O4S. The molecule has 4 heterocycles. The Balaban J connectivity index is 1.38. The second-order valence-corrected chi connectivity index (χ2v) is 9.27. The number of benzene rings is 1. The summed E-state index contributed by atoms with van der Waals surface area (Å²) in [4.78, 5) is 35.8. The molecule has 2 unspecified atom stereocenters. The molecule has 0 spiro atoms. The van der Waals surface area contributed by atoms with Gasteiger partial charge in [0.15, 0.2) is 0 Å². The minimum atomic E-state index is -5.33. The van der Waals surface area contributed by atoms with Crippen LogP contribution in [0.25, 0.3) is 5.69 Å². The van der Waals surface area contributed by atoms with Gasteiger partial charge in [0.05, 0.1) is 40.8 Å². The summed E-state index contributed by atoms with van der Waals surface area (Å²) in [6, 6.07) is 7.60. The Kier molecular flexibility index (Phi) is 6.68. The van der Waals surface area contributed by atoms with Gasteiger partial charge >= 0.3 is 12.1 Å². The van der Waals surface area contributed by atoms with Crippen LogP contribution in [-0.4, -0.2) is 73.6 Å². The second-order valence-electron chi connectivity index (χ2n) is 8.19. The Labute approximate surface area is 215 Å². The highest BCUT2D eigenvalue weighted by Gasteiger charge is 2.51. The fourth-order valence-electron chi connectivity index (χ4n) is 3.91. The van der Waals surface area contributed by atoms with Gasteiger partial charge in [0.2, 0.25) is 5.56 Å². The van der Waals surface area contributed by atoms with Crippen molar-refractivity contribution in [2.24, 2.45) is 0 Å². The third-order valence-electron chi connectivity index (χ3n) is 5.74. The number of amides is 1. The number of halogens is 5. The van der Waals surface area contributed by atoms with Crippen LogP contribution in [0, 0.1) is 0 Å². The average molecular weight is 556 g/mol. The zero-order chi connectivity index (χ0) is 27.1. The zero-order valence-electron chi connectivity index (χ0n) is 19.1. The lowest BCUT2D eigenvalue weighted by Crippen LogP contribution is -2.55. The number of alkyl halides is 5. The highest BCUT2D eigenvalue weighted by molar-refractivity contribution is 8.00. The summed E-state index contributed by atoms with van der Waals surface area (Å²) in [6.45, 7) is -0.888. The fraction of sp³-hybridized carbons (Fsp3) is 0.318. The number of hydrogen-bond donors (Lipinski definition) is 0. The molecule has 1 saturated heterocycles. The van der Waals surface area contributed by atoms with Gasteiger partial charge < -0.3 is 14.5 Å². The van der Waals surface area contributed by atoms with Crippen LogP contribution in [-0.2, 0) is 14.4 Å². The van der Waals surface area contributed by atoms with E-state index < -0.39 is 48.6 Å². The van der Waals surface area contributed by atoms with E-state index in [0.717, 1.165) is 16.7 Å². The Morgan fingerprint density at radius 1 is 1.05 bits per heavy atom. The van der Waals surface area contributed by atoms with Crippen molar-refractivity contribution < 1.29 is 41.1 Å². The summed E-state index contributed by atoms with van der Waals surface area (Å²) < 4.78 is 74.1. The van der Waals surface area contributed by atoms with Crippen molar-refractivity contribution in [1.29, 1.82) is 0 Å². The smallest absolute Gasteiger partial charge is 0.336 e. The van der Waals surface area contributed by atoms with Crippen molar-refractivity contribution >= 4 is 29.3 Å². The van der Waals surface area contributed by atoms with Crippen LogP contribution < -0.4 is 5.06 Å². The number of likely N-dealkylation sites (tertiary alicyclic amines) is 1. The number of carbonyl (C=O) groups excluding carboxylic acids is 2. The summed E-state index contributed by atoms with van der Waals surface area (Å²) in [5.74, 6) is -6.58. The summed E-state index contributed by atoms with van der Waals surface area (Å²) in [5.41, 5.74) is -1.12. The van der Waals surface area contributed by atoms with Crippen LogP contribution >= 0.6 is 11.8 Å². The van der Waals surface area contributed by atoms with Crippen LogP contribution in [0.4, 0.5) is 27.6 Å². The third kappa shape index (κ3) is 5.00. The zero-order valence-corrected chi connectivity index (χ0v) is 19.9. The standard InChI is InChI=1S/C22H17F5N6O4S/c23-21(24)6-10-31(18(34)13-3-1-2-4-14(13)33-29-8-9-30-33)12-17(21)36-20-32(37-19(35)22(25,26)27)15-5-7-28-11-16(15)38-20/h1-5,7-9,11,17,20H,6,10,12H2. The number of hydroxylamine groups is 1. The van der Waals surface area contributed by atoms with Crippen molar-refractivity contribution in [3.05, 3.63) is 60.7 Å². The maximum absolute atomic E-state index is 15.0. The van der Waals surface area contributed by atoms with Gasteiger partial charge in [-0.2, -0.15) is 33.2 Å². The molecule has 1 amide bonds. The van der Waals surface area contributed by atoms with E-state index in [0.29, 0.717) is 10.8 Å². The number of aromatic nitrogens is 4. The summed E-state index contributed by atoms with van der Waals surface area (Å²) in [5, 5.41) is 8.49. The molecule has 200 valence electrons. The van der Waals surface area contributed by atoms with Gasteiger partial charge in [-0.3, -0.25) is 9.78 Å². The molecule has 1 aromatic carbocycles. The lowest BCUT2D eigenvalue weighted by Gasteiger charge is -2.40. The van der Waals surface area contributed by atoms with Gasteiger partial charge in [0.25, 0.3) is 11.8 Å². The molecule has 2 atom stereocenters. The van der Waals surface area contributed by atoms with Crippen molar-refractivity contribution in [3.8, 4) is 5.69 Å². The quantitative estimate of drug-likeness (QED) is 0.438. The van der Waals surface area contributed by atoms with Gasteiger partial charge in [-0.15, -0.1) is 0 Å². The van der Waals surface area contributed by atoms with Crippen molar-refractivity contribution in [3.63, 3.8) is 0 Å². The lowest BCUT2D eigenvalue weighted by molar-refractivity contribution is -0.209. The van der Waals surface area contributed by atoms with Crippen LogP contribution in [0.3, 0.4) is 0 Å². The number of piperidine rings is 1. The summed E-state index contributed by atoms with van der Waals surface area (Å²) in [7, 11) is 0. The maximum atomic E-state index is 15.0. The Hall–Kier alpha value is -3.79. The highest BCUT2D eigenvalue weighted by atomic mass is 32.2. The number of nitrogens with zero attached hydrogens (tertiary/aromatic N) is 6. The minimum absolute atomic E-state index is 0.0136. The van der Waals surface area contributed by atoms with Crippen LogP contribution in [0.5, 0.6) is 0 Å². The Bertz CT molecular complexity index is 1340. The molecule has 3 aromatic rings. The first kappa shape index (κ1) is 25.8. The first-order chi connectivity index (χ1) is 18.0. The predicted molar refractivity (Wildman–Crippen MR) is 120 cm³/mol. The molecule has 2 aliphatic heterocycles. The topological polar surface area (TPSA) is 103 Å². The number of rotatable bonds is 5. The van der Waals surface area contributed by atoms with E-state index in [1.165, 1.54) is 41.7 Å². The molecular weight excluding hydrogens is 539 g/mol. The number of carbonyl (C=O) groups is 2. The molecule has 38 heavy (non-hydrogen) atoms. The van der Waals surface area contributed by atoms with Crippen LogP contribution in [0.15, 0.2) is 60.0 Å². The van der Waals surface area contributed by atoms with Gasteiger partial charge in [-0.1, -0.05) is 23.9 Å². The first-order valence-electron chi connectivity index (χ1n) is 11.0. The number of para-hydroxylation sites is 1. The third-order valence-corrected chi connectivity index (χ3v) is 6.81. The molecule has 0 aliphatic carbocycles. The highest BCUT2D eigenvalue weighted by Crippen LogP contribution is 2.46. The second kappa shape index (κ2) is 9.83. The SMILES string of the molecule is O=C(c1ccccc1-n1nccn1)N1CCC(F)(F)C(OC2Sc3cnccc3N2OC(=O)C(F)(F)F)C1. The fourth-order valence-corrected chi connectivity index (χ4v) is 4.97. The summed E-state index contributed by atoms with van der Waals surface area (Å²) in [6.07, 6.45) is -2.69. The maximum Gasteiger partial charge on any atom is 0.493 e. The normalized spacial score (nSPS) is 20.8. The van der Waals surface area contributed by atoms with E-state index >= 15 is 0 Å². The van der Waals surface area contributed by atoms with Crippen molar-refractivity contribution in [2.75, 3.05) is 18.2 Å². The number of anilines is 1. The molecule has 0 N–H and O–H groups in total. The van der Waals surface area contributed by atoms with E-state index in [1.807, 2.05) is 0 Å². The Morgan fingerprint density at radius 2 is 1.79 bits per heavy atom. The average Bonchev–Trinajstić information content (AvgIpc) is 3.53. The number of fused-ring (bicyclic) bond motifs is 1. The number of thioether (sulfide) groups is 1. The molecule has 1 fully saturated rings. The van der Waals surface area contributed by atoms with E-state index in [4.69, 9.17) is 4.74 Å². The monoisotopic (exact) mass is 556 g/mol. The minimum Gasteiger partial charge on any atom is -0.336 e. The van der Waals surface area contributed by atoms with Gasteiger partial charge in [0, 0.05) is 25.4 Å². The molecule has 0 bridgehead atoms. The molecule has 16 heteroatoms. The van der Waals surface area contributed by atoms with Crippen LogP contribution in [0.1, 0.15) is 16.8 Å². The first-order valence-corrected chi connectivity index (χ1v) is 11.9. The molecule has 5 rings (SSSR count). The molecule has 0 saturated carbocycles. The van der Waals surface area contributed by atoms with Crippen LogP contribution in [0.2, 0.25) is 0 Å². The summed E-state index contributed by atoms with van der Waals surface area (Å²) >= 11 is 0.738. The van der Waals surface area contributed by atoms with Crippen molar-refractivity contribution in [1.82, 2.24) is 24.9 Å². The number of ether oxygens (including phenoxy) is 1. The molecule has 0 radical (unpaired) electrons. The number of hydrogen-bond acceptors (Lipinski definition) is 9.